The van der Waals surface area contributed by atoms with Gasteiger partial charge in [0.1, 0.15) is 15.6 Å². The summed E-state index contributed by atoms with van der Waals surface area (Å²) in [4.78, 5) is 12.5. The Labute approximate surface area is 153 Å². The highest BCUT2D eigenvalue weighted by Gasteiger charge is 2.31. The van der Waals surface area contributed by atoms with Crippen LogP contribution < -0.4 is 5.32 Å². The van der Waals surface area contributed by atoms with Crippen molar-refractivity contribution in [1.29, 1.82) is 0 Å². The number of benzene rings is 1. The van der Waals surface area contributed by atoms with E-state index in [1.165, 1.54) is 22.5 Å². The van der Waals surface area contributed by atoms with Crippen molar-refractivity contribution in [1.82, 2.24) is 4.31 Å². The third-order valence-electron chi connectivity index (χ3n) is 3.60. The molecular weight excluding hydrogens is 391 g/mol. The van der Waals surface area contributed by atoms with E-state index in [-0.39, 0.29) is 33.6 Å². The van der Waals surface area contributed by atoms with E-state index in [9.17, 15) is 17.6 Å². The minimum atomic E-state index is -3.78. The van der Waals surface area contributed by atoms with Crippen LogP contribution in [0.3, 0.4) is 0 Å². The number of thiophene rings is 1. The first-order valence-electron chi connectivity index (χ1n) is 7.31. The van der Waals surface area contributed by atoms with E-state index < -0.39 is 21.7 Å². The van der Waals surface area contributed by atoms with E-state index in [1.807, 2.05) is 0 Å². The Morgan fingerprint density at radius 3 is 2.68 bits per heavy atom. The summed E-state index contributed by atoms with van der Waals surface area (Å²) in [5.41, 5.74) is 0.277. The van der Waals surface area contributed by atoms with Gasteiger partial charge < -0.3 is 10.1 Å². The molecule has 1 fully saturated rings. The summed E-state index contributed by atoms with van der Waals surface area (Å²) in [5, 5.41) is 3.95. The predicted molar refractivity (Wildman–Crippen MR) is 93.3 cm³/mol. The van der Waals surface area contributed by atoms with Gasteiger partial charge in [-0.05, 0) is 29.6 Å². The van der Waals surface area contributed by atoms with Crippen molar-refractivity contribution in [2.45, 2.75) is 4.90 Å². The molecule has 0 bridgehead atoms. The third-order valence-corrected chi connectivity index (χ3v) is 6.87. The molecule has 1 aliphatic heterocycles. The van der Waals surface area contributed by atoms with E-state index in [1.54, 1.807) is 5.38 Å². The molecule has 0 radical (unpaired) electrons. The van der Waals surface area contributed by atoms with Crippen LogP contribution in [0, 0.1) is 5.82 Å². The predicted octanol–water partition coefficient (Wildman–Crippen LogP) is 2.81. The molecule has 0 atom stereocenters. The average molecular weight is 405 g/mol. The second-order valence-electron chi connectivity index (χ2n) is 5.21. The maximum Gasteiger partial charge on any atom is 0.267 e. The molecule has 6 nitrogen and oxygen atoms in total. The monoisotopic (exact) mass is 404 g/mol. The number of carbonyl (C=O) groups is 1. The number of nitrogens with one attached hydrogen (secondary N) is 1. The first-order chi connectivity index (χ1) is 11.9. The van der Waals surface area contributed by atoms with Gasteiger partial charge in [-0.3, -0.25) is 4.79 Å². The normalized spacial score (nSPS) is 15.9. The van der Waals surface area contributed by atoms with Crippen LogP contribution in [0.5, 0.6) is 0 Å². The molecule has 25 heavy (non-hydrogen) atoms. The number of sulfonamides is 1. The van der Waals surface area contributed by atoms with Crippen LogP contribution in [0.1, 0.15) is 9.67 Å². The number of ether oxygens (including phenoxy) is 1. The Balaban J connectivity index is 1.85. The quantitative estimate of drug-likeness (QED) is 0.850. The van der Waals surface area contributed by atoms with Crippen LogP contribution in [0.25, 0.3) is 0 Å². The van der Waals surface area contributed by atoms with Gasteiger partial charge in [0.05, 0.1) is 18.2 Å². The summed E-state index contributed by atoms with van der Waals surface area (Å²) < 4.78 is 45.2. The van der Waals surface area contributed by atoms with Gasteiger partial charge in [-0.1, -0.05) is 11.6 Å². The second kappa shape index (κ2) is 7.38. The van der Waals surface area contributed by atoms with Gasteiger partial charge >= 0.3 is 0 Å². The largest absolute Gasteiger partial charge is 0.379 e. The zero-order valence-corrected chi connectivity index (χ0v) is 15.3. The summed E-state index contributed by atoms with van der Waals surface area (Å²) in [6.45, 7) is 1.12. The van der Waals surface area contributed by atoms with E-state index in [4.69, 9.17) is 16.3 Å². The molecule has 1 saturated heterocycles. The van der Waals surface area contributed by atoms with Crippen LogP contribution in [0.2, 0.25) is 5.02 Å². The molecule has 1 aliphatic rings. The van der Waals surface area contributed by atoms with Crippen LogP contribution in [0.15, 0.2) is 34.5 Å². The van der Waals surface area contributed by atoms with Gasteiger partial charge in [0.15, 0.2) is 0 Å². The van der Waals surface area contributed by atoms with E-state index in [2.05, 4.69) is 5.32 Å². The fraction of sp³-hybridized carbons (Fsp3) is 0.267. The maximum atomic E-state index is 13.2. The highest BCUT2D eigenvalue weighted by Crippen LogP contribution is 2.27. The lowest BCUT2D eigenvalue weighted by Gasteiger charge is -2.26. The number of nitrogens with zero attached hydrogens (tertiary/aromatic N) is 1. The fourth-order valence-corrected chi connectivity index (χ4v) is 5.24. The SMILES string of the molecule is O=C(Nc1ccc(F)c(Cl)c1)c1sccc1S(=O)(=O)N1CCOCC1. The topological polar surface area (TPSA) is 75.7 Å². The van der Waals surface area contributed by atoms with Crippen LogP contribution >= 0.6 is 22.9 Å². The Bertz CT molecular complexity index is 895. The molecule has 0 unspecified atom stereocenters. The van der Waals surface area contributed by atoms with Crippen molar-refractivity contribution in [2.75, 3.05) is 31.6 Å². The summed E-state index contributed by atoms with van der Waals surface area (Å²) >= 11 is 6.71. The lowest BCUT2D eigenvalue weighted by atomic mass is 10.3. The second-order valence-corrected chi connectivity index (χ2v) is 8.44. The van der Waals surface area contributed by atoms with E-state index in [0.29, 0.717) is 13.2 Å². The first-order valence-corrected chi connectivity index (χ1v) is 10.0. The van der Waals surface area contributed by atoms with Gasteiger partial charge in [0.2, 0.25) is 10.0 Å². The molecule has 2 aromatic rings. The Morgan fingerprint density at radius 2 is 2.00 bits per heavy atom. The van der Waals surface area contributed by atoms with Gasteiger partial charge in [-0.2, -0.15) is 4.31 Å². The van der Waals surface area contributed by atoms with Crippen molar-refractivity contribution < 1.29 is 22.3 Å². The molecule has 0 saturated carbocycles. The van der Waals surface area contributed by atoms with Gasteiger partial charge in [-0.25, -0.2) is 12.8 Å². The molecule has 1 N–H and O–H groups in total. The molecule has 0 aliphatic carbocycles. The van der Waals surface area contributed by atoms with E-state index >= 15 is 0 Å². The fourth-order valence-electron chi connectivity index (χ4n) is 2.35. The van der Waals surface area contributed by atoms with Gasteiger partial charge in [0.25, 0.3) is 5.91 Å². The summed E-state index contributed by atoms with van der Waals surface area (Å²) in [5.74, 6) is -1.20. The lowest BCUT2D eigenvalue weighted by molar-refractivity contribution is 0.0730. The van der Waals surface area contributed by atoms with Crippen molar-refractivity contribution in [3.63, 3.8) is 0 Å². The molecule has 10 heteroatoms. The molecule has 3 rings (SSSR count). The van der Waals surface area contributed by atoms with E-state index in [0.717, 1.165) is 17.4 Å². The Morgan fingerprint density at radius 1 is 1.28 bits per heavy atom. The van der Waals surface area contributed by atoms with Crippen LogP contribution in [-0.2, 0) is 14.8 Å². The summed E-state index contributed by atoms with van der Waals surface area (Å²) in [7, 11) is -3.78. The minimum Gasteiger partial charge on any atom is -0.379 e. The highest BCUT2D eigenvalue weighted by molar-refractivity contribution is 7.89. The number of hydrogen-bond acceptors (Lipinski definition) is 5. The minimum absolute atomic E-state index is 0.0508. The molecule has 2 heterocycles. The summed E-state index contributed by atoms with van der Waals surface area (Å²) in [6, 6.07) is 5.14. The van der Waals surface area contributed by atoms with Crippen LogP contribution in [-0.4, -0.2) is 44.9 Å². The number of rotatable bonds is 4. The van der Waals surface area contributed by atoms with Crippen LogP contribution in [0.4, 0.5) is 10.1 Å². The number of amides is 1. The van der Waals surface area contributed by atoms with Crippen molar-refractivity contribution in [3.05, 3.63) is 45.4 Å². The van der Waals surface area contributed by atoms with Crippen molar-refractivity contribution >= 4 is 44.6 Å². The van der Waals surface area contributed by atoms with Gasteiger partial charge in [0, 0.05) is 18.8 Å². The molecule has 1 aromatic carbocycles. The molecule has 1 amide bonds. The Hall–Kier alpha value is -1.52. The number of carbonyl (C=O) groups excluding carboxylic acids is 1. The maximum absolute atomic E-state index is 13.2. The average Bonchev–Trinajstić information content (AvgIpc) is 3.10. The Kier molecular flexibility index (Phi) is 5.40. The zero-order valence-electron chi connectivity index (χ0n) is 12.9. The number of morpholine rings is 1. The lowest BCUT2D eigenvalue weighted by Crippen LogP contribution is -2.41. The molecule has 1 aromatic heterocycles. The molecule has 0 spiro atoms. The third kappa shape index (κ3) is 3.85. The highest BCUT2D eigenvalue weighted by atomic mass is 35.5. The van der Waals surface area contributed by atoms with Crippen molar-refractivity contribution in [2.24, 2.45) is 0 Å². The van der Waals surface area contributed by atoms with Gasteiger partial charge in [-0.15, -0.1) is 11.3 Å². The van der Waals surface area contributed by atoms with Crippen molar-refractivity contribution in [3.8, 4) is 0 Å². The zero-order chi connectivity index (χ0) is 18.0. The number of hydrogen-bond donors (Lipinski definition) is 1. The number of anilines is 1. The smallest absolute Gasteiger partial charge is 0.267 e. The first kappa shape index (κ1) is 18.3. The molecule has 134 valence electrons. The summed E-state index contributed by atoms with van der Waals surface area (Å²) in [6.07, 6.45) is 0. The standard InChI is InChI=1S/C15H14ClFN2O4S2/c16-11-9-10(1-2-12(11)17)18-15(20)14-13(3-8-24-14)25(21,22)19-4-6-23-7-5-19/h1-3,8-9H,4-7H2,(H,18,20). The number of halogens is 2. The molecular formula is C15H14ClFN2O4S2.